The maximum atomic E-state index is 12.3. The number of nitrogens with one attached hydrogen (secondary N) is 2. The third kappa shape index (κ3) is 3.94. The first kappa shape index (κ1) is 15.2. The molecule has 1 aromatic heterocycles. The van der Waals surface area contributed by atoms with Crippen LogP contribution in [-0.2, 0) is 11.2 Å². The van der Waals surface area contributed by atoms with Crippen molar-refractivity contribution < 1.29 is 9.59 Å². The maximum Gasteiger partial charge on any atom is 0.252 e. The number of carbonyl (C=O) groups excluding carboxylic acids is 2. The molecule has 0 saturated carbocycles. The molecule has 23 heavy (non-hydrogen) atoms. The molecule has 2 N–H and O–H groups in total. The van der Waals surface area contributed by atoms with Crippen molar-refractivity contribution in [3.05, 3.63) is 65.5 Å². The number of hydrogen-bond donors (Lipinski definition) is 2. The molecule has 3 rings (SSSR count). The topological polar surface area (TPSA) is 71.1 Å². The van der Waals surface area contributed by atoms with E-state index in [1.165, 1.54) is 0 Å². The van der Waals surface area contributed by atoms with E-state index in [0.717, 1.165) is 17.7 Å². The van der Waals surface area contributed by atoms with E-state index < -0.39 is 6.04 Å². The fourth-order valence-corrected chi connectivity index (χ4v) is 2.67. The molecule has 0 spiro atoms. The third-order valence-corrected chi connectivity index (χ3v) is 3.90. The summed E-state index contributed by atoms with van der Waals surface area (Å²) in [5, 5.41) is 5.56. The van der Waals surface area contributed by atoms with Gasteiger partial charge in [-0.05, 0) is 30.5 Å². The van der Waals surface area contributed by atoms with Gasteiger partial charge in [0.1, 0.15) is 6.04 Å². The quantitative estimate of drug-likeness (QED) is 0.902. The van der Waals surface area contributed by atoms with Gasteiger partial charge >= 0.3 is 0 Å². The summed E-state index contributed by atoms with van der Waals surface area (Å²) < 4.78 is 0. The molecule has 118 valence electrons. The lowest BCUT2D eigenvalue weighted by molar-refractivity contribution is -0.124. The van der Waals surface area contributed by atoms with Crippen LogP contribution in [0.3, 0.4) is 0 Å². The fourth-order valence-electron chi connectivity index (χ4n) is 2.67. The average molecular weight is 309 g/mol. The predicted octanol–water partition coefficient (Wildman–Crippen LogP) is 1.68. The van der Waals surface area contributed by atoms with Gasteiger partial charge in [-0.25, -0.2) is 0 Å². The first-order chi connectivity index (χ1) is 11.2. The smallest absolute Gasteiger partial charge is 0.252 e. The average Bonchev–Trinajstić information content (AvgIpc) is 2.58. The summed E-state index contributed by atoms with van der Waals surface area (Å²) in [5.74, 6) is -0.341. The first-order valence-electron chi connectivity index (χ1n) is 7.80. The summed E-state index contributed by atoms with van der Waals surface area (Å²) in [6, 6.07) is 13.0. The van der Waals surface area contributed by atoms with Crippen LogP contribution in [0.15, 0.2) is 48.7 Å². The Balaban J connectivity index is 1.69. The van der Waals surface area contributed by atoms with E-state index in [1.807, 2.05) is 30.3 Å². The van der Waals surface area contributed by atoms with Gasteiger partial charge in [0, 0.05) is 30.4 Å². The second-order valence-electron chi connectivity index (χ2n) is 5.66. The molecule has 1 saturated heterocycles. The van der Waals surface area contributed by atoms with E-state index in [4.69, 9.17) is 0 Å². The third-order valence-electron chi connectivity index (χ3n) is 3.90. The highest BCUT2D eigenvalue weighted by atomic mass is 16.2. The number of carbonyl (C=O) groups is 2. The number of benzene rings is 1. The lowest BCUT2D eigenvalue weighted by Crippen LogP contribution is -2.50. The minimum Gasteiger partial charge on any atom is -0.354 e. The number of nitrogens with zero attached hydrogens (tertiary/aromatic N) is 1. The number of rotatable bonds is 4. The summed E-state index contributed by atoms with van der Waals surface area (Å²) in [7, 11) is 0. The van der Waals surface area contributed by atoms with Gasteiger partial charge in [0.2, 0.25) is 5.91 Å². The molecule has 5 nitrogen and oxygen atoms in total. The highest BCUT2D eigenvalue weighted by molar-refractivity contribution is 5.97. The minimum absolute atomic E-state index is 0.108. The first-order valence-corrected chi connectivity index (χ1v) is 7.80. The van der Waals surface area contributed by atoms with Crippen molar-refractivity contribution >= 4 is 11.8 Å². The number of aromatic nitrogens is 1. The van der Waals surface area contributed by atoms with Crippen LogP contribution >= 0.6 is 0 Å². The molecule has 2 amide bonds. The largest absolute Gasteiger partial charge is 0.354 e. The van der Waals surface area contributed by atoms with Crippen LogP contribution in [-0.4, -0.2) is 29.4 Å². The Morgan fingerprint density at radius 3 is 2.87 bits per heavy atom. The van der Waals surface area contributed by atoms with Crippen LogP contribution in [0, 0.1) is 0 Å². The second kappa shape index (κ2) is 7.05. The van der Waals surface area contributed by atoms with Crippen LogP contribution < -0.4 is 10.6 Å². The molecule has 1 aliphatic heterocycles. The standard InChI is InChI=1S/C18H19N3O2/c22-17(21-16-7-4-9-20-18(16)23)14-8-10-19-15(12-14)11-13-5-2-1-3-6-13/h1-3,5-6,8,10,12,16H,4,7,9,11H2,(H,20,23)(H,21,22). The SMILES string of the molecule is O=C(NC1CCCNC1=O)c1ccnc(Cc2ccccc2)c1. The van der Waals surface area contributed by atoms with Crippen molar-refractivity contribution in [2.24, 2.45) is 0 Å². The molecular formula is C18H19N3O2. The van der Waals surface area contributed by atoms with Crippen molar-refractivity contribution in [2.45, 2.75) is 25.3 Å². The Kier molecular flexibility index (Phi) is 4.66. The zero-order valence-corrected chi connectivity index (χ0v) is 12.8. The Bertz CT molecular complexity index is 700. The second-order valence-corrected chi connectivity index (χ2v) is 5.66. The minimum atomic E-state index is -0.443. The van der Waals surface area contributed by atoms with E-state index >= 15 is 0 Å². The van der Waals surface area contributed by atoms with Crippen LogP contribution in [0.5, 0.6) is 0 Å². The fraction of sp³-hybridized carbons (Fsp3) is 0.278. The monoisotopic (exact) mass is 309 g/mol. The van der Waals surface area contributed by atoms with Gasteiger partial charge in [0.15, 0.2) is 0 Å². The van der Waals surface area contributed by atoms with Gasteiger partial charge in [0.05, 0.1) is 0 Å². The van der Waals surface area contributed by atoms with Gasteiger partial charge in [-0.3, -0.25) is 14.6 Å². The van der Waals surface area contributed by atoms with Crippen LogP contribution in [0.1, 0.15) is 34.5 Å². The van der Waals surface area contributed by atoms with E-state index in [2.05, 4.69) is 15.6 Å². The molecule has 1 aliphatic rings. The zero-order valence-electron chi connectivity index (χ0n) is 12.8. The van der Waals surface area contributed by atoms with Crippen molar-refractivity contribution in [1.82, 2.24) is 15.6 Å². The maximum absolute atomic E-state index is 12.3. The Labute approximate surface area is 135 Å². The predicted molar refractivity (Wildman–Crippen MR) is 87.0 cm³/mol. The summed E-state index contributed by atoms with van der Waals surface area (Å²) in [4.78, 5) is 28.4. The highest BCUT2D eigenvalue weighted by Crippen LogP contribution is 2.10. The normalized spacial score (nSPS) is 17.4. The summed E-state index contributed by atoms with van der Waals surface area (Å²) in [6.45, 7) is 0.682. The molecule has 0 radical (unpaired) electrons. The van der Waals surface area contributed by atoms with E-state index in [9.17, 15) is 9.59 Å². The molecule has 1 atom stereocenters. The Morgan fingerprint density at radius 2 is 2.09 bits per heavy atom. The Morgan fingerprint density at radius 1 is 1.26 bits per heavy atom. The molecule has 1 aromatic carbocycles. The molecule has 5 heteroatoms. The molecule has 2 aromatic rings. The van der Waals surface area contributed by atoms with Crippen molar-refractivity contribution in [2.75, 3.05) is 6.54 Å². The number of pyridine rings is 1. The molecule has 1 unspecified atom stereocenters. The molecule has 0 aliphatic carbocycles. The van der Waals surface area contributed by atoms with E-state index in [0.29, 0.717) is 24.9 Å². The number of hydrogen-bond acceptors (Lipinski definition) is 3. The zero-order chi connectivity index (χ0) is 16.1. The Hall–Kier alpha value is -2.69. The lowest BCUT2D eigenvalue weighted by Gasteiger charge is -2.22. The van der Waals surface area contributed by atoms with Crippen molar-refractivity contribution in [1.29, 1.82) is 0 Å². The summed E-state index contributed by atoms with van der Waals surface area (Å²) in [6.07, 6.45) is 3.87. The molecule has 1 fully saturated rings. The van der Waals surface area contributed by atoms with Gasteiger partial charge in [-0.2, -0.15) is 0 Å². The van der Waals surface area contributed by atoms with Crippen molar-refractivity contribution in [3.8, 4) is 0 Å². The van der Waals surface area contributed by atoms with Gasteiger partial charge in [-0.1, -0.05) is 30.3 Å². The molecular weight excluding hydrogens is 290 g/mol. The molecule has 0 bridgehead atoms. The van der Waals surface area contributed by atoms with Crippen LogP contribution in [0.4, 0.5) is 0 Å². The van der Waals surface area contributed by atoms with Crippen LogP contribution in [0.25, 0.3) is 0 Å². The van der Waals surface area contributed by atoms with Crippen LogP contribution in [0.2, 0.25) is 0 Å². The van der Waals surface area contributed by atoms with Gasteiger partial charge < -0.3 is 10.6 Å². The van der Waals surface area contributed by atoms with E-state index in [-0.39, 0.29) is 11.8 Å². The highest BCUT2D eigenvalue weighted by Gasteiger charge is 2.24. The number of piperidine rings is 1. The van der Waals surface area contributed by atoms with Gasteiger partial charge in [0.25, 0.3) is 5.91 Å². The summed E-state index contributed by atoms with van der Waals surface area (Å²) in [5.41, 5.74) is 2.51. The van der Waals surface area contributed by atoms with Gasteiger partial charge in [-0.15, -0.1) is 0 Å². The number of amides is 2. The molecule has 2 heterocycles. The van der Waals surface area contributed by atoms with E-state index in [1.54, 1.807) is 18.3 Å². The summed E-state index contributed by atoms with van der Waals surface area (Å²) >= 11 is 0. The van der Waals surface area contributed by atoms with Crippen molar-refractivity contribution in [3.63, 3.8) is 0 Å². The lowest BCUT2D eigenvalue weighted by atomic mass is 10.1.